The Bertz CT molecular complexity index is 1550. The molecule has 0 aromatic heterocycles. The highest BCUT2D eigenvalue weighted by atomic mass is 16.7. The van der Waals surface area contributed by atoms with Gasteiger partial charge in [-0.25, -0.2) is 4.79 Å². The quantitative estimate of drug-likeness (QED) is 0.0211. The van der Waals surface area contributed by atoms with E-state index in [0.717, 1.165) is 64.2 Å². The van der Waals surface area contributed by atoms with Crippen LogP contribution < -0.4 is 0 Å². The van der Waals surface area contributed by atoms with Crippen LogP contribution in [0.4, 0.5) is 0 Å². The molecule has 0 radical (unpaired) electrons. The number of unbranched alkanes of at least 4 members (excludes halogenated alkanes) is 24. The van der Waals surface area contributed by atoms with Crippen LogP contribution >= 0.6 is 0 Å². The summed E-state index contributed by atoms with van der Waals surface area (Å²) < 4.78 is 22.8. The number of hydrogen-bond donors (Lipinski definition) is 1. The molecule has 75 heavy (non-hydrogen) atoms. The molecule has 0 aliphatic heterocycles. The Morgan fingerprint density at radius 2 is 0.787 bits per heavy atom. The van der Waals surface area contributed by atoms with E-state index in [9.17, 15) is 19.5 Å². The second kappa shape index (κ2) is 56.4. The first-order chi connectivity index (χ1) is 36.6. The fraction of sp³-hybridized carbons (Fsp3) is 0.712. The lowest BCUT2D eigenvalue weighted by atomic mass is 10.0. The van der Waals surface area contributed by atoms with E-state index in [-0.39, 0.29) is 38.6 Å². The molecule has 1 N–H and O–H groups in total. The molecule has 0 saturated heterocycles. The second-order valence-corrected chi connectivity index (χ2v) is 21.3. The number of carbonyl (C=O) groups is 3. The van der Waals surface area contributed by atoms with Crippen molar-refractivity contribution in [1.82, 2.24) is 0 Å². The molecular weight excluding hydrogens is 935 g/mol. The summed E-state index contributed by atoms with van der Waals surface area (Å²) in [6.45, 7) is 4.67. The van der Waals surface area contributed by atoms with Gasteiger partial charge >= 0.3 is 17.9 Å². The van der Waals surface area contributed by atoms with Crippen LogP contribution in [0.3, 0.4) is 0 Å². The number of carboxylic acid groups (broad SMARTS) is 1. The Morgan fingerprint density at radius 1 is 0.413 bits per heavy atom. The van der Waals surface area contributed by atoms with Crippen LogP contribution in [0.1, 0.15) is 245 Å². The normalized spacial score (nSPS) is 13.5. The zero-order valence-electron chi connectivity index (χ0n) is 48.9. The van der Waals surface area contributed by atoms with Crippen LogP contribution in [0, 0.1) is 0 Å². The number of hydrogen-bond acceptors (Lipinski definition) is 7. The molecule has 0 aromatic rings. The molecule has 9 nitrogen and oxygen atoms in total. The number of carboxylic acids is 1. The number of rotatable bonds is 55. The lowest BCUT2D eigenvalue weighted by Gasteiger charge is -2.25. The first-order valence-corrected chi connectivity index (χ1v) is 30.4. The van der Waals surface area contributed by atoms with Gasteiger partial charge in [-0.2, -0.15) is 0 Å². The van der Waals surface area contributed by atoms with Gasteiger partial charge in [0.05, 0.1) is 34.4 Å². The topological polar surface area (TPSA) is 108 Å². The largest absolute Gasteiger partial charge is 0.477 e. The van der Waals surface area contributed by atoms with E-state index in [1.165, 1.54) is 148 Å². The van der Waals surface area contributed by atoms with E-state index < -0.39 is 24.3 Å². The minimum Gasteiger partial charge on any atom is -0.477 e. The first-order valence-electron chi connectivity index (χ1n) is 30.4. The molecule has 0 aromatic carbocycles. The number of carbonyl (C=O) groups excluding carboxylic acids is 2. The van der Waals surface area contributed by atoms with Gasteiger partial charge in [0.1, 0.15) is 13.2 Å². The maximum absolute atomic E-state index is 12.8. The van der Waals surface area contributed by atoms with E-state index in [1.54, 1.807) is 0 Å². The van der Waals surface area contributed by atoms with Crippen molar-refractivity contribution in [3.8, 4) is 0 Å². The Labute approximate surface area is 461 Å². The van der Waals surface area contributed by atoms with Gasteiger partial charge in [0, 0.05) is 12.8 Å². The average molecular weight is 1050 g/mol. The summed E-state index contributed by atoms with van der Waals surface area (Å²) in [5.41, 5.74) is 0. The van der Waals surface area contributed by atoms with Gasteiger partial charge < -0.3 is 28.5 Å². The van der Waals surface area contributed by atoms with E-state index in [1.807, 2.05) is 33.3 Å². The third-order valence-electron chi connectivity index (χ3n) is 12.8. The summed E-state index contributed by atoms with van der Waals surface area (Å²) in [5.74, 6) is -2.12. The van der Waals surface area contributed by atoms with E-state index in [2.05, 4.69) is 98.9 Å². The van der Waals surface area contributed by atoms with E-state index >= 15 is 0 Å². The molecule has 0 aliphatic rings. The highest BCUT2D eigenvalue weighted by molar-refractivity contribution is 5.71. The lowest BCUT2D eigenvalue weighted by Crippen LogP contribution is -2.40. The zero-order valence-corrected chi connectivity index (χ0v) is 48.9. The maximum Gasteiger partial charge on any atom is 0.361 e. The van der Waals surface area contributed by atoms with Gasteiger partial charge in [0.2, 0.25) is 0 Å². The molecule has 0 rings (SSSR count). The molecule has 0 bridgehead atoms. The molecule has 430 valence electrons. The SMILES string of the molecule is CC/C=C\C/C=C\C/C=C\C/C=C\C/C=C\C/C=C\CCC(=O)OC(COC(=O)CCCCCCCCCCCCCCCCCCCCC/C=C\C/C=C\CCCCCCC)COC(OCC[N+](C)(C)C)C(=O)O. The predicted molar refractivity (Wildman–Crippen MR) is 318 cm³/mol. The number of quaternary nitrogens is 1. The fourth-order valence-corrected chi connectivity index (χ4v) is 8.19. The molecule has 2 unspecified atom stereocenters. The smallest absolute Gasteiger partial charge is 0.361 e. The van der Waals surface area contributed by atoms with Crippen molar-refractivity contribution < 1.29 is 42.9 Å². The van der Waals surface area contributed by atoms with Gasteiger partial charge in [0.25, 0.3) is 6.29 Å². The van der Waals surface area contributed by atoms with Crippen molar-refractivity contribution >= 4 is 17.9 Å². The van der Waals surface area contributed by atoms with Crippen LogP contribution in [-0.4, -0.2) is 87.4 Å². The Kier molecular flexibility index (Phi) is 53.6. The number of aliphatic carboxylic acids is 1. The monoisotopic (exact) mass is 1050 g/mol. The standard InChI is InChI=1S/C66H113NO8/c1-6-8-10-12-14-16-18-20-22-24-26-27-28-29-30-31-32-33-34-35-36-37-39-40-42-44-46-48-50-52-54-56-63(68)73-60-62(61-74-66(65(70)71)72-59-58-67(3,4)5)75-64(69)57-55-53-51-49-47-45-43-41-38-25-23-21-19-17-15-13-11-9-7-2/h9,11,15,17-18,20-21,23-24,26,38,41,45,47,51,53,62,66H,6-8,10,12-14,16,19,22,25,27-37,39-40,42-44,46,48-50,52,54-61H2,1-5H3/p+1/b11-9-,17-15-,20-18-,23-21-,26-24-,41-38-,47-45-,53-51-. The Morgan fingerprint density at radius 3 is 1.19 bits per heavy atom. The number of likely N-dealkylation sites (N-methyl/N-ethyl adjacent to an activating group) is 1. The molecule has 0 heterocycles. The van der Waals surface area contributed by atoms with Crippen molar-refractivity contribution in [2.24, 2.45) is 0 Å². The van der Waals surface area contributed by atoms with Crippen molar-refractivity contribution in [2.75, 3.05) is 47.5 Å². The van der Waals surface area contributed by atoms with E-state index in [4.69, 9.17) is 18.9 Å². The van der Waals surface area contributed by atoms with Crippen molar-refractivity contribution in [3.05, 3.63) is 97.2 Å². The third kappa shape index (κ3) is 57.7. The Hall–Kier alpha value is -3.79. The summed E-state index contributed by atoms with van der Waals surface area (Å²) in [7, 11) is 5.94. The van der Waals surface area contributed by atoms with Crippen LogP contribution in [0.5, 0.6) is 0 Å². The highest BCUT2D eigenvalue weighted by Crippen LogP contribution is 2.16. The number of allylic oxidation sites excluding steroid dienone is 16. The van der Waals surface area contributed by atoms with Gasteiger partial charge in [-0.3, -0.25) is 9.59 Å². The molecule has 0 aliphatic carbocycles. The number of ether oxygens (including phenoxy) is 4. The first kappa shape index (κ1) is 71.2. The van der Waals surface area contributed by atoms with E-state index in [0.29, 0.717) is 17.4 Å². The third-order valence-corrected chi connectivity index (χ3v) is 12.8. The predicted octanol–water partition coefficient (Wildman–Crippen LogP) is 18.1. The maximum atomic E-state index is 12.8. The average Bonchev–Trinajstić information content (AvgIpc) is 3.38. The van der Waals surface area contributed by atoms with Crippen molar-refractivity contribution in [1.29, 1.82) is 0 Å². The van der Waals surface area contributed by atoms with Gasteiger partial charge in [-0.05, 0) is 83.5 Å². The fourth-order valence-electron chi connectivity index (χ4n) is 8.19. The minimum absolute atomic E-state index is 0.131. The van der Waals surface area contributed by atoms with Crippen LogP contribution in [0.2, 0.25) is 0 Å². The number of esters is 2. The second-order valence-electron chi connectivity index (χ2n) is 21.3. The molecule has 2 atom stereocenters. The summed E-state index contributed by atoms with van der Waals surface area (Å²) in [6.07, 6.45) is 73.8. The van der Waals surface area contributed by atoms with Crippen LogP contribution in [0.15, 0.2) is 97.2 Å². The highest BCUT2D eigenvalue weighted by Gasteiger charge is 2.25. The molecule has 0 fully saturated rings. The van der Waals surface area contributed by atoms with Gasteiger partial charge in [0.15, 0.2) is 6.10 Å². The summed E-state index contributed by atoms with van der Waals surface area (Å²) in [5, 5.41) is 9.70. The van der Waals surface area contributed by atoms with Crippen molar-refractivity contribution in [2.45, 2.75) is 257 Å². The summed E-state index contributed by atoms with van der Waals surface area (Å²) >= 11 is 0. The lowest BCUT2D eigenvalue weighted by molar-refractivity contribution is -0.870. The van der Waals surface area contributed by atoms with Gasteiger partial charge in [-0.15, -0.1) is 0 Å². The zero-order chi connectivity index (χ0) is 54.8. The molecule has 0 spiro atoms. The number of nitrogens with zero attached hydrogens (tertiary/aromatic N) is 1. The minimum atomic E-state index is -1.53. The molecule has 0 saturated carbocycles. The Balaban J connectivity index is 4.21. The van der Waals surface area contributed by atoms with Crippen LogP contribution in [0.25, 0.3) is 0 Å². The summed E-state index contributed by atoms with van der Waals surface area (Å²) in [4.78, 5) is 37.4. The summed E-state index contributed by atoms with van der Waals surface area (Å²) in [6, 6.07) is 0. The van der Waals surface area contributed by atoms with Gasteiger partial charge in [-0.1, -0.05) is 246 Å². The van der Waals surface area contributed by atoms with Crippen LogP contribution in [-0.2, 0) is 33.3 Å². The van der Waals surface area contributed by atoms with Crippen molar-refractivity contribution in [3.63, 3.8) is 0 Å². The molecular formula is C66H114NO8+. The molecule has 0 amide bonds. The molecule has 9 heteroatoms.